The number of benzene rings is 3. The van der Waals surface area contributed by atoms with E-state index in [1.54, 1.807) is 81.4 Å². The zero-order chi connectivity index (χ0) is 31.3. The number of carbonyl (C=O) groups excluding carboxylic acids is 4. The Hall–Kier alpha value is -4.47. The fraction of sp³-hybridized carbons (Fsp3) is 0.273. The van der Waals surface area contributed by atoms with Gasteiger partial charge >= 0.3 is 5.97 Å². The molecule has 1 atom stereocenters. The van der Waals surface area contributed by atoms with E-state index in [-0.39, 0.29) is 22.9 Å². The van der Waals surface area contributed by atoms with Crippen LogP contribution >= 0.6 is 11.6 Å². The topological polar surface area (TPSA) is 105 Å². The second-order valence-corrected chi connectivity index (χ2v) is 11.3. The van der Waals surface area contributed by atoms with Crippen molar-refractivity contribution in [2.45, 2.75) is 52.4 Å². The van der Waals surface area contributed by atoms with Gasteiger partial charge in [-0.25, -0.2) is 14.8 Å². The van der Waals surface area contributed by atoms with E-state index in [4.69, 9.17) is 21.1 Å². The molecule has 1 heterocycles. The predicted octanol–water partition coefficient (Wildman–Crippen LogP) is 5.95. The van der Waals surface area contributed by atoms with Crippen LogP contribution in [0.1, 0.15) is 55.6 Å². The number of rotatable bonds is 8. The molecule has 0 aromatic heterocycles. The first kappa shape index (κ1) is 31.5. The number of ether oxygens (including phenoxy) is 2. The molecule has 0 aliphatic carbocycles. The first-order valence-corrected chi connectivity index (χ1v) is 14.1. The molecule has 1 N–H and O–H groups in total. The summed E-state index contributed by atoms with van der Waals surface area (Å²) in [5, 5.41) is 5.19. The molecule has 0 radical (unpaired) electrons. The second kappa shape index (κ2) is 13.2. The van der Waals surface area contributed by atoms with Gasteiger partial charge in [0.15, 0.2) is 6.23 Å². The largest absolute Gasteiger partial charge is 0.456 e. The van der Waals surface area contributed by atoms with Gasteiger partial charge in [-0.15, -0.1) is 0 Å². The molecular weight excluding hydrogens is 570 g/mol. The molecule has 9 nitrogen and oxygen atoms in total. The first-order valence-electron chi connectivity index (χ1n) is 13.7. The maximum Gasteiger partial charge on any atom is 0.340 e. The molecule has 3 aromatic carbocycles. The fourth-order valence-electron chi connectivity index (χ4n) is 4.67. The van der Waals surface area contributed by atoms with Crippen molar-refractivity contribution >= 4 is 52.2 Å². The molecule has 224 valence electrons. The minimum absolute atomic E-state index is 0.0528. The highest BCUT2D eigenvalue weighted by atomic mass is 35.5. The van der Waals surface area contributed by atoms with E-state index < -0.39 is 29.6 Å². The lowest BCUT2D eigenvalue weighted by Gasteiger charge is -2.43. The van der Waals surface area contributed by atoms with Crippen molar-refractivity contribution in [2.24, 2.45) is 0 Å². The molecule has 3 amide bonds. The van der Waals surface area contributed by atoms with E-state index in [0.29, 0.717) is 28.9 Å². The third-order valence-electron chi connectivity index (χ3n) is 6.57. The molecule has 0 saturated carbocycles. The van der Waals surface area contributed by atoms with Gasteiger partial charge in [0.1, 0.15) is 10.6 Å². The van der Waals surface area contributed by atoms with E-state index >= 15 is 0 Å². The number of aryl methyl sites for hydroxylation is 1. The van der Waals surface area contributed by atoms with Crippen molar-refractivity contribution in [2.75, 3.05) is 17.4 Å². The van der Waals surface area contributed by atoms with Crippen molar-refractivity contribution in [3.63, 3.8) is 0 Å². The van der Waals surface area contributed by atoms with Gasteiger partial charge in [-0.05, 0) is 62.6 Å². The number of hydrogen-bond acceptors (Lipinski definition) is 6. The summed E-state index contributed by atoms with van der Waals surface area (Å²) in [6.45, 7) is 6.68. The zero-order valence-electron chi connectivity index (χ0n) is 24.7. The summed E-state index contributed by atoms with van der Waals surface area (Å²) in [5.41, 5.74) is 2.28. The van der Waals surface area contributed by atoms with E-state index in [0.717, 1.165) is 5.56 Å². The van der Waals surface area contributed by atoms with Gasteiger partial charge in [0.25, 0.3) is 5.91 Å². The Morgan fingerprint density at radius 1 is 0.930 bits per heavy atom. The summed E-state index contributed by atoms with van der Waals surface area (Å²) in [7, 11) is 1.45. The number of nitrogens with one attached hydrogen (secondary N) is 1. The summed E-state index contributed by atoms with van der Waals surface area (Å²) in [6.07, 6.45) is -0.396. The van der Waals surface area contributed by atoms with Gasteiger partial charge in [-0.1, -0.05) is 66.2 Å². The van der Waals surface area contributed by atoms with E-state index in [2.05, 4.69) is 5.32 Å². The Labute approximate surface area is 256 Å². The zero-order valence-corrected chi connectivity index (χ0v) is 25.5. The third-order valence-corrected chi connectivity index (χ3v) is 6.94. The molecule has 1 aliphatic rings. The Morgan fingerprint density at radius 2 is 1.56 bits per heavy atom. The van der Waals surface area contributed by atoms with Crippen molar-refractivity contribution in [1.82, 2.24) is 5.01 Å². The van der Waals surface area contributed by atoms with Gasteiger partial charge in [-0.3, -0.25) is 14.4 Å². The van der Waals surface area contributed by atoms with Crippen LogP contribution in [0.25, 0.3) is 5.57 Å². The van der Waals surface area contributed by atoms with Gasteiger partial charge in [0.05, 0.1) is 16.9 Å². The third kappa shape index (κ3) is 7.31. The molecule has 0 fully saturated rings. The summed E-state index contributed by atoms with van der Waals surface area (Å²) >= 11 is 6.60. The lowest BCUT2D eigenvalue weighted by molar-refractivity contribution is -0.144. The quantitative estimate of drug-likeness (QED) is 0.319. The number of halogens is 1. The molecule has 0 bridgehead atoms. The number of methoxy groups -OCH3 is 1. The second-order valence-electron chi connectivity index (χ2n) is 10.9. The summed E-state index contributed by atoms with van der Waals surface area (Å²) < 4.78 is 11.1. The van der Waals surface area contributed by atoms with Crippen molar-refractivity contribution in [1.29, 1.82) is 0 Å². The van der Waals surface area contributed by atoms with Crippen LogP contribution in [0.4, 0.5) is 11.4 Å². The average molecular weight is 604 g/mol. The van der Waals surface area contributed by atoms with Crippen molar-refractivity contribution in [3.05, 3.63) is 101 Å². The lowest BCUT2D eigenvalue weighted by atomic mass is 10.0. The predicted molar refractivity (Wildman–Crippen MR) is 165 cm³/mol. The molecule has 10 heteroatoms. The normalized spacial score (nSPS) is 15.4. The minimum Gasteiger partial charge on any atom is -0.456 e. The monoisotopic (exact) mass is 603 g/mol. The van der Waals surface area contributed by atoms with Crippen molar-refractivity contribution in [3.8, 4) is 0 Å². The molecule has 1 unspecified atom stereocenters. The van der Waals surface area contributed by atoms with Crippen LogP contribution in [-0.2, 0) is 30.3 Å². The van der Waals surface area contributed by atoms with Crippen LogP contribution in [0.3, 0.4) is 0 Å². The maximum atomic E-state index is 13.5. The number of para-hydroxylation sites is 1. The number of anilines is 2. The summed E-state index contributed by atoms with van der Waals surface area (Å²) in [6, 6.07) is 22.7. The van der Waals surface area contributed by atoms with Crippen LogP contribution < -0.4 is 10.3 Å². The maximum absolute atomic E-state index is 13.5. The van der Waals surface area contributed by atoms with Gasteiger partial charge < -0.3 is 14.8 Å². The first-order chi connectivity index (χ1) is 20.4. The number of carbonyl (C=O) groups is 4. The summed E-state index contributed by atoms with van der Waals surface area (Å²) in [5.74, 6) is -1.78. The van der Waals surface area contributed by atoms with E-state index in [9.17, 15) is 19.2 Å². The number of hydrazine groups is 1. The Kier molecular flexibility index (Phi) is 9.68. The minimum atomic E-state index is -0.933. The highest BCUT2D eigenvalue weighted by molar-refractivity contribution is 6.47. The smallest absolute Gasteiger partial charge is 0.340 e. The van der Waals surface area contributed by atoms with E-state index in [1.165, 1.54) is 24.1 Å². The molecule has 3 aromatic rings. The highest BCUT2D eigenvalue weighted by Crippen LogP contribution is 2.37. The molecular formula is C33H34ClN3O6. The SMILES string of the molecule is COC1C(c2ccccc2)=C(Cl)C(=O)N(c2ccc(CCC(=O)Nc3ccccc3C(=O)OC(C)(C)C)cc2)N1C(C)=O. The lowest BCUT2D eigenvalue weighted by Crippen LogP contribution is -2.58. The van der Waals surface area contributed by atoms with Crippen LogP contribution in [0, 0.1) is 0 Å². The number of amides is 3. The van der Waals surface area contributed by atoms with E-state index in [1.807, 2.05) is 18.2 Å². The Morgan fingerprint density at radius 3 is 2.16 bits per heavy atom. The van der Waals surface area contributed by atoms with Crippen LogP contribution in [0.15, 0.2) is 83.9 Å². The molecule has 43 heavy (non-hydrogen) atoms. The Balaban J connectivity index is 1.49. The molecule has 1 aliphatic heterocycles. The number of esters is 1. The highest BCUT2D eigenvalue weighted by Gasteiger charge is 2.42. The number of hydrogen-bond donors (Lipinski definition) is 1. The fourth-order valence-corrected chi connectivity index (χ4v) is 4.95. The standard InChI is InChI=1S/C33H34ClN3O6/c1-21(38)36-31(42-5)28(23-11-7-6-8-12-23)29(34)30(40)37(36)24-18-15-22(16-19-24)17-20-27(39)35-26-14-10-9-13-25(26)32(41)43-33(2,3)4/h6-16,18-19,31H,17,20H2,1-5H3,(H,35,39). The Bertz CT molecular complexity index is 1550. The van der Waals surface area contributed by atoms with Gasteiger partial charge in [0.2, 0.25) is 11.8 Å². The van der Waals surface area contributed by atoms with Crippen LogP contribution in [-0.4, -0.2) is 47.6 Å². The molecule has 4 rings (SSSR count). The van der Waals surface area contributed by atoms with Crippen LogP contribution in [0.5, 0.6) is 0 Å². The number of nitrogens with zero attached hydrogens (tertiary/aromatic N) is 2. The van der Waals surface area contributed by atoms with Crippen LogP contribution in [0.2, 0.25) is 0 Å². The molecule has 0 spiro atoms. The summed E-state index contributed by atoms with van der Waals surface area (Å²) in [4.78, 5) is 51.7. The van der Waals surface area contributed by atoms with Gasteiger partial charge in [-0.2, -0.15) is 0 Å². The molecule has 0 saturated heterocycles. The average Bonchev–Trinajstić information content (AvgIpc) is 2.97. The van der Waals surface area contributed by atoms with Crippen molar-refractivity contribution < 1.29 is 28.7 Å². The van der Waals surface area contributed by atoms with Gasteiger partial charge in [0, 0.05) is 26.0 Å².